The molecule has 2 aromatic heterocycles. The van der Waals surface area contributed by atoms with Crippen molar-refractivity contribution in [2.24, 2.45) is 0 Å². The summed E-state index contributed by atoms with van der Waals surface area (Å²) in [6, 6.07) is 57.2. The number of nitrogens with zero attached hydrogens (tertiary/aromatic N) is 2. The van der Waals surface area contributed by atoms with E-state index in [0.717, 1.165) is 22.7 Å². The second-order valence-electron chi connectivity index (χ2n) is 11.0. The van der Waals surface area contributed by atoms with Gasteiger partial charge in [0.05, 0.1) is 11.0 Å². The number of anilines is 3. The second-order valence-corrected chi connectivity index (χ2v) is 12.1. The quantitative estimate of drug-likeness (QED) is 0.206. The minimum Gasteiger partial charge on any atom is -0.310 e. The lowest BCUT2D eigenvalue weighted by Crippen LogP contribution is -2.09. The first-order chi connectivity index (χ1) is 21.3. The highest BCUT2D eigenvalue weighted by Gasteiger charge is 2.18. The number of hydrogen-bond donors (Lipinski definition) is 0. The molecule has 9 rings (SSSR count). The highest BCUT2D eigenvalue weighted by molar-refractivity contribution is 7.25. The Kier molecular flexibility index (Phi) is 5.40. The van der Waals surface area contributed by atoms with Crippen molar-refractivity contribution >= 4 is 81.1 Å². The molecule has 0 spiro atoms. The molecule has 0 saturated carbocycles. The Morgan fingerprint density at radius 2 is 1.00 bits per heavy atom. The van der Waals surface area contributed by atoms with Gasteiger partial charge in [-0.2, -0.15) is 0 Å². The zero-order chi connectivity index (χ0) is 28.3. The molecule has 0 saturated heterocycles. The van der Waals surface area contributed by atoms with Crippen LogP contribution in [0.5, 0.6) is 0 Å². The van der Waals surface area contributed by atoms with Crippen LogP contribution in [-0.2, 0) is 0 Å². The van der Waals surface area contributed by atoms with Crippen LogP contribution in [0.3, 0.4) is 0 Å². The highest BCUT2D eigenvalue weighted by atomic mass is 32.1. The first kappa shape index (κ1) is 24.2. The molecule has 0 N–H and O–H groups in total. The fourth-order valence-electron chi connectivity index (χ4n) is 6.57. The number of hydrogen-bond acceptors (Lipinski definition) is 2. The molecule has 0 atom stereocenters. The van der Waals surface area contributed by atoms with Crippen LogP contribution < -0.4 is 4.90 Å². The molecule has 43 heavy (non-hydrogen) atoms. The van der Waals surface area contributed by atoms with Gasteiger partial charge in [0.2, 0.25) is 0 Å². The van der Waals surface area contributed by atoms with E-state index in [2.05, 4.69) is 167 Å². The highest BCUT2D eigenvalue weighted by Crippen LogP contribution is 2.43. The zero-order valence-electron chi connectivity index (χ0n) is 23.3. The first-order valence-corrected chi connectivity index (χ1v) is 15.4. The molecule has 0 radical (unpaired) electrons. The van der Waals surface area contributed by atoms with Crippen molar-refractivity contribution in [2.45, 2.75) is 0 Å². The van der Waals surface area contributed by atoms with E-state index in [1.165, 1.54) is 52.8 Å². The van der Waals surface area contributed by atoms with Gasteiger partial charge in [-0.05, 0) is 77.5 Å². The maximum Gasteiger partial charge on any atom is 0.0561 e. The maximum absolute atomic E-state index is 2.39. The van der Waals surface area contributed by atoms with Crippen LogP contribution in [0.4, 0.5) is 17.1 Å². The molecule has 202 valence electrons. The molecule has 0 bridgehead atoms. The van der Waals surface area contributed by atoms with E-state index < -0.39 is 0 Å². The first-order valence-electron chi connectivity index (χ1n) is 14.6. The van der Waals surface area contributed by atoms with E-state index >= 15 is 0 Å². The van der Waals surface area contributed by atoms with Crippen molar-refractivity contribution in [1.29, 1.82) is 0 Å². The van der Waals surface area contributed by atoms with E-state index in [0.29, 0.717) is 0 Å². The molecular formula is C40H26N2S. The van der Waals surface area contributed by atoms with Gasteiger partial charge in [-0.1, -0.05) is 91.0 Å². The van der Waals surface area contributed by atoms with Gasteiger partial charge in [-0.15, -0.1) is 11.3 Å². The minimum absolute atomic E-state index is 1.13. The van der Waals surface area contributed by atoms with Crippen molar-refractivity contribution in [2.75, 3.05) is 4.90 Å². The van der Waals surface area contributed by atoms with Gasteiger partial charge < -0.3 is 9.47 Å². The van der Waals surface area contributed by atoms with Gasteiger partial charge in [0.25, 0.3) is 0 Å². The zero-order valence-corrected chi connectivity index (χ0v) is 24.1. The van der Waals surface area contributed by atoms with E-state index in [4.69, 9.17) is 0 Å². The summed E-state index contributed by atoms with van der Waals surface area (Å²) in [6.07, 6.45) is 0. The Morgan fingerprint density at radius 3 is 1.81 bits per heavy atom. The fourth-order valence-corrected chi connectivity index (χ4v) is 7.74. The number of fused-ring (bicyclic) bond motifs is 7. The van der Waals surface area contributed by atoms with Crippen molar-refractivity contribution in [3.05, 3.63) is 158 Å². The Labute approximate surface area is 253 Å². The van der Waals surface area contributed by atoms with Crippen molar-refractivity contribution in [3.8, 4) is 5.69 Å². The number of benzene rings is 7. The third kappa shape index (κ3) is 3.86. The number of rotatable bonds is 4. The van der Waals surface area contributed by atoms with Crippen LogP contribution >= 0.6 is 11.3 Å². The van der Waals surface area contributed by atoms with Crippen molar-refractivity contribution < 1.29 is 0 Å². The monoisotopic (exact) mass is 566 g/mol. The van der Waals surface area contributed by atoms with E-state index in [-0.39, 0.29) is 0 Å². The fraction of sp³-hybridized carbons (Fsp3) is 0. The number of para-hydroxylation sites is 3. The van der Waals surface area contributed by atoms with Gasteiger partial charge in [-0.3, -0.25) is 0 Å². The molecular weight excluding hydrogens is 541 g/mol. The summed E-state index contributed by atoms with van der Waals surface area (Å²) in [7, 11) is 0. The predicted molar refractivity (Wildman–Crippen MR) is 186 cm³/mol. The van der Waals surface area contributed by atoms with Crippen LogP contribution in [0.2, 0.25) is 0 Å². The molecule has 9 aromatic rings. The molecule has 2 nitrogen and oxygen atoms in total. The second kappa shape index (κ2) is 9.59. The summed E-state index contributed by atoms with van der Waals surface area (Å²) < 4.78 is 5.01. The Bertz CT molecular complexity index is 2450. The van der Waals surface area contributed by atoms with Gasteiger partial charge in [0.15, 0.2) is 0 Å². The summed E-state index contributed by atoms with van der Waals surface area (Å²) >= 11 is 1.87. The van der Waals surface area contributed by atoms with E-state index in [1.807, 2.05) is 11.3 Å². The van der Waals surface area contributed by atoms with Crippen molar-refractivity contribution in [3.63, 3.8) is 0 Å². The lowest BCUT2D eigenvalue weighted by Gasteiger charge is -2.26. The lowest BCUT2D eigenvalue weighted by molar-refractivity contribution is 1.18. The van der Waals surface area contributed by atoms with Crippen LogP contribution in [0, 0.1) is 0 Å². The standard InChI is InChI=1S/C40H26N2S/c1-3-13-29(14-4-1)41(32-20-22-35-36-23-27-11-7-8-12-28(27)24-39(36)43-40(35)26-32)31-19-21-34-33-17-9-10-18-37(33)42(38(34)25-31)30-15-5-2-6-16-30/h1-26H. The molecule has 0 aliphatic carbocycles. The average molecular weight is 567 g/mol. The third-order valence-corrected chi connectivity index (χ3v) is 9.64. The molecule has 7 aromatic carbocycles. The Hall–Kier alpha value is -5.38. The topological polar surface area (TPSA) is 8.17 Å². The third-order valence-electron chi connectivity index (χ3n) is 8.53. The molecule has 0 fully saturated rings. The predicted octanol–water partition coefficient (Wildman–Crippen LogP) is 11.8. The molecule has 3 heteroatoms. The molecule has 0 aliphatic rings. The van der Waals surface area contributed by atoms with Crippen LogP contribution in [0.15, 0.2) is 158 Å². The maximum atomic E-state index is 2.39. The average Bonchev–Trinajstić information content (AvgIpc) is 3.59. The van der Waals surface area contributed by atoms with Gasteiger partial charge in [0, 0.05) is 53.7 Å². The molecule has 0 unspecified atom stereocenters. The normalized spacial score (nSPS) is 11.7. The Balaban J connectivity index is 1.28. The van der Waals surface area contributed by atoms with E-state index in [9.17, 15) is 0 Å². The molecule has 0 amide bonds. The number of thiophene rings is 1. The summed E-state index contributed by atoms with van der Waals surface area (Å²) in [6.45, 7) is 0. The summed E-state index contributed by atoms with van der Waals surface area (Å²) in [5.41, 5.74) is 6.99. The molecule has 0 aliphatic heterocycles. The SMILES string of the molecule is c1ccc(N(c2ccc3c(c2)sc2cc4ccccc4cc23)c2ccc3c4ccccc4n(-c4ccccc4)c3c2)cc1. The van der Waals surface area contributed by atoms with E-state index in [1.54, 1.807) is 0 Å². The largest absolute Gasteiger partial charge is 0.310 e. The van der Waals surface area contributed by atoms with Crippen LogP contribution in [0.1, 0.15) is 0 Å². The lowest BCUT2D eigenvalue weighted by atomic mass is 10.1. The summed E-state index contributed by atoms with van der Waals surface area (Å²) in [4.78, 5) is 2.38. The van der Waals surface area contributed by atoms with Crippen LogP contribution in [-0.4, -0.2) is 4.57 Å². The van der Waals surface area contributed by atoms with Gasteiger partial charge in [-0.25, -0.2) is 0 Å². The van der Waals surface area contributed by atoms with Crippen LogP contribution in [0.25, 0.3) is 58.4 Å². The Morgan fingerprint density at radius 1 is 0.395 bits per heavy atom. The molecule has 2 heterocycles. The van der Waals surface area contributed by atoms with Gasteiger partial charge >= 0.3 is 0 Å². The summed E-state index contributed by atoms with van der Waals surface area (Å²) in [5.74, 6) is 0. The summed E-state index contributed by atoms with van der Waals surface area (Å²) in [5, 5.41) is 7.72. The van der Waals surface area contributed by atoms with Gasteiger partial charge in [0.1, 0.15) is 0 Å². The van der Waals surface area contributed by atoms with Crippen molar-refractivity contribution in [1.82, 2.24) is 4.57 Å². The smallest absolute Gasteiger partial charge is 0.0561 e. The number of aromatic nitrogens is 1. The minimum atomic E-state index is 1.13.